The van der Waals surface area contributed by atoms with Crippen molar-refractivity contribution >= 4 is 12.9 Å². The van der Waals surface area contributed by atoms with Crippen molar-refractivity contribution in [1.29, 1.82) is 0 Å². The van der Waals surface area contributed by atoms with Crippen LogP contribution in [0.2, 0.25) is 0 Å². The van der Waals surface area contributed by atoms with Crippen molar-refractivity contribution in [3.8, 4) is 12.8 Å². The number of rotatable bonds is 9. The molecule has 0 radical (unpaired) electrons. The average molecular weight is 574 g/mol. The summed E-state index contributed by atoms with van der Waals surface area (Å²) in [6.45, 7) is 17.3. The normalized spacial score (nSPS) is 32.5. The Morgan fingerprint density at radius 2 is 1.71 bits per heavy atom. The fourth-order valence-corrected chi connectivity index (χ4v) is 8.38. The molecule has 0 spiro atoms. The van der Waals surface area contributed by atoms with Gasteiger partial charge in [-0.2, -0.15) is 15.0 Å². The third-order valence-corrected chi connectivity index (χ3v) is 10.7. The van der Waals surface area contributed by atoms with Crippen molar-refractivity contribution in [2.75, 3.05) is 20.4 Å². The Labute approximate surface area is 251 Å². The first kappa shape index (κ1) is 37.0. The van der Waals surface area contributed by atoms with Crippen molar-refractivity contribution in [2.24, 2.45) is 40.4 Å². The number of methoxy groups -OCH3 is 1. The van der Waals surface area contributed by atoms with E-state index >= 15 is 0 Å². The van der Waals surface area contributed by atoms with Gasteiger partial charge < -0.3 is 9.53 Å². The van der Waals surface area contributed by atoms with Crippen LogP contribution in [0.15, 0.2) is 6.08 Å². The number of nitrogens with zero attached hydrogens (tertiary/aromatic N) is 3. The number of halogens is 1. The topological polar surface area (TPSA) is 57.0 Å². The molecule has 5 nitrogen and oxygen atoms in total. The summed E-state index contributed by atoms with van der Waals surface area (Å²) in [5.74, 6) is 4.74. The van der Waals surface area contributed by atoms with E-state index in [2.05, 4.69) is 50.7 Å². The van der Waals surface area contributed by atoms with Gasteiger partial charge in [-0.3, -0.25) is 4.39 Å². The van der Waals surface area contributed by atoms with Gasteiger partial charge in [0, 0.05) is 13.5 Å². The molecule has 3 fully saturated rings. The van der Waals surface area contributed by atoms with Crippen LogP contribution in [-0.2, 0) is 22.5 Å². The quantitative estimate of drug-likeness (QED) is 0.278. The third kappa shape index (κ3) is 8.99. The minimum atomic E-state index is -0.382. The lowest BCUT2D eigenvalue weighted by molar-refractivity contribution is -0.0980. The molecule has 0 N–H and O–H groups in total. The Balaban J connectivity index is 0.000000419. The van der Waals surface area contributed by atoms with Crippen LogP contribution < -0.4 is 0 Å². The number of fused-ring (bicyclic) bond motifs is 1. The van der Waals surface area contributed by atoms with Crippen LogP contribution in [0.3, 0.4) is 0 Å². The van der Waals surface area contributed by atoms with Crippen LogP contribution in [0.4, 0.5) is 4.39 Å². The molecular weight excluding hydrogens is 513 g/mol. The van der Waals surface area contributed by atoms with E-state index in [9.17, 15) is 4.39 Å². The Hall–Kier alpha value is -2.00. The van der Waals surface area contributed by atoms with Gasteiger partial charge in [0.15, 0.2) is 0 Å². The van der Waals surface area contributed by atoms with E-state index in [0.29, 0.717) is 17.3 Å². The second kappa shape index (κ2) is 18.5. The number of hydrogen-bond acceptors (Lipinski definition) is 4. The van der Waals surface area contributed by atoms with Crippen LogP contribution in [0.5, 0.6) is 0 Å². The number of hydrogen-bond donors (Lipinski definition) is 0. The van der Waals surface area contributed by atoms with Crippen LogP contribution >= 0.6 is 0 Å². The third-order valence-electron chi connectivity index (χ3n) is 10.7. The molecule has 0 aromatic carbocycles. The molecule has 1 heterocycles. The molecule has 3 aliphatic carbocycles. The highest BCUT2D eigenvalue weighted by atomic mass is 19.1. The van der Waals surface area contributed by atoms with Gasteiger partial charge in [-0.15, -0.1) is 12.8 Å². The second-order valence-corrected chi connectivity index (χ2v) is 12.8. The fraction of sp³-hybridized carbons (Fsp3) is 0.800. The van der Waals surface area contributed by atoms with Gasteiger partial charge in [0.1, 0.15) is 12.5 Å². The van der Waals surface area contributed by atoms with Gasteiger partial charge in [-0.1, -0.05) is 59.5 Å². The summed E-state index contributed by atoms with van der Waals surface area (Å²) in [6, 6.07) is 0. The lowest BCUT2D eigenvalue weighted by atomic mass is 9.50. The molecule has 3 saturated carbocycles. The van der Waals surface area contributed by atoms with E-state index in [-0.39, 0.29) is 6.67 Å². The summed E-state index contributed by atoms with van der Waals surface area (Å²) in [4.78, 5) is 9.58. The van der Waals surface area contributed by atoms with Gasteiger partial charge in [0.2, 0.25) is 0 Å². The maximum Gasteiger partial charge on any atom is 0.108 e. The van der Waals surface area contributed by atoms with Gasteiger partial charge in [-0.05, 0) is 98.9 Å². The Kier molecular flexibility index (Phi) is 16.7. The zero-order valence-corrected chi connectivity index (χ0v) is 27.3. The molecule has 6 heteroatoms. The van der Waals surface area contributed by atoms with Crippen molar-refractivity contribution in [3.63, 3.8) is 0 Å². The van der Waals surface area contributed by atoms with Crippen LogP contribution in [0.1, 0.15) is 117 Å². The number of aryl methyl sites for hydroxylation is 2. The molecule has 1 aromatic rings. The predicted molar refractivity (Wildman–Crippen MR) is 170 cm³/mol. The maximum absolute atomic E-state index is 12.1. The van der Waals surface area contributed by atoms with Crippen molar-refractivity contribution < 1.29 is 13.9 Å². The molecule has 0 amide bonds. The van der Waals surface area contributed by atoms with E-state index in [1.807, 2.05) is 39.9 Å². The summed E-state index contributed by atoms with van der Waals surface area (Å²) < 4.78 is 18.0. The van der Waals surface area contributed by atoms with E-state index < -0.39 is 0 Å². The summed E-state index contributed by atoms with van der Waals surface area (Å²) in [5.41, 5.74) is 2.64. The number of carbonyl (C=O) groups is 1. The predicted octanol–water partition coefficient (Wildman–Crippen LogP) is 8.62. The molecular formula is C35H60FN3O2. The van der Waals surface area contributed by atoms with Gasteiger partial charge >= 0.3 is 0 Å². The lowest BCUT2D eigenvalue weighted by Gasteiger charge is -2.56. The first-order valence-electron chi connectivity index (χ1n) is 16.0. The summed E-state index contributed by atoms with van der Waals surface area (Å²) >= 11 is 0. The van der Waals surface area contributed by atoms with E-state index in [0.717, 1.165) is 54.1 Å². The van der Waals surface area contributed by atoms with Crippen LogP contribution in [0.25, 0.3) is 6.08 Å². The number of aromatic nitrogens is 3. The number of terminal acetylenes is 1. The maximum atomic E-state index is 12.1. The summed E-state index contributed by atoms with van der Waals surface area (Å²) in [7, 11) is 1.94. The fourth-order valence-electron chi connectivity index (χ4n) is 8.38. The molecule has 4 rings (SSSR count). The molecule has 0 aliphatic heterocycles. The smallest absolute Gasteiger partial charge is 0.108 e. The van der Waals surface area contributed by atoms with Crippen molar-refractivity contribution in [1.82, 2.24) is 15.0 Å². The zero-order chi connectivity index (χ0) is 31.1. The van der Waals surface area contributed by atoms with Gasteiger partial charge in [-0.25, -0.2) is 0 Å². The van der Waals surface area contributed by atoms with Crippen molar-refractivity contribution in [2.45, 2.75) is 119 Å². The number of carbonyl (C=O) groups excluding carboxylic acids is 1. The molecule has 0 bridgehead atoms. The number of ether oxygens (including phenoxy) is 1. The van der Waals surface area contributed by atoms with E-state index in [1.165, 1.54) is 64.2 Å². The SMILES string of the molecule is C#C.C/C=C\c1nn(CC)nc1CCF.C=O.CCCC1C(C2(COC)CCC(C)CC2)CCC2(C)C(C)CCC12. The van der Waals surface area contributed by atoms with E-state index in [1.54, 1.807) is 4.80 Å². The first-order valence-corrected chi connectivity index (χ1v) is 16.0. The van der Waals surface area contributed by atoms with Gasteiger partial charge in [0.05, 0.1) is 25.5 Å². The molecule has 5 unspecified atom stereocenters. The molecule has 0 saturated heterocycles. The highest BCUT2D eigenvalue weighted by Crippen LogP contribution is 2.64. The largest absolute Gasteiger partial charge is 0.384 e. The van der Waals surface area contributed by atoms with Crippen LogP contribution in [-0.4, -0.2) is 42.2 Å². The summed E-state index contributed by atoms with van der Waals surface area (Å²) in [6.07, 6.45) is 26.5. The minimum Gasteiger partial charge on any atom is -0.384 e. The van der Waals surface area contributed by atoms with Crippen LogP contribution in [0, 0.1) is 53.3 Å². The molecule has 1 aromatic heterocycles. The average Bonchev–Trinajstić information content (AvgIpc) is 3.53. The van der Waals surface area contributed by atoms with Crippen molar-refractivity contribution in [3.05, 3.63) is 17.5 Å². The molecule has 234 valence electrons. The highest BCUT2D eigenvalue weighted by Gasteiger charge is 2.56. The summed E-state index contributed by atoms with van der Waals surface area (Å²) in [5, 5.41) is 8.34. The molecule has 41 heavy (non-hydrogen) atoms. The number of allylic oxidation sites excluding steroid dienone is 1. The Morgan fingerprint density at radius 1 is 1.05 bits per heavy atom. The molecule has 3 aliphatic rings. The monoisotopic (exact) mass is 573 g/mol. The second-order valence-electron chi connectivity index (χ2n) is 12.8. The lowest BCUT2D eigenvalue weighted by Crippen LogP contribution is -2.49. The zero-order valence-electron chi connectivity index (χ0n) is 27.3. The first-order chi connectivity index (χ1) is 19.8. The molecule has 5 atom stereocenters. The minimum absolute atomic E-state index is 0.347. The Morgan fingerprint density at radius 3 is 2.24 bits per heavy atom. The Bertz CT molecular complexity index is 904. The number of alkyl halides is 1. The van der Waals surface area contributed by atoms with E-state index in [4.69, 9.17) is 9.53 Å². The highest BCUT2D eigenvalue weighted by molar-refractivity contribution is 5.46. The standard InChI is InChI=1S/C23H42O.C9H14FN3.C2H2.CH2O/c1-6-7-19-20-9-8-18(3)22(20,4)13-12-21(19)23(16-24-5)14-10-17(2)11-15-23;1-3-5-8-9(6-7-10)12-13(4-2)11-8;2*1-2/h17-21H,6-16H2,1-5H3;3,5H,4,6-7H2,1-2H3;1-2H;1H2/b;5-3-;;. The van der Waals surface area contributed by atoms with Gasteiger partial charge in [0.25, 0.3) is 0 Å².